The number of hydrogen-bond donors (Lipinski definition) is 1. The first-order chi connectivity index (χ1) is 10.6. The Kier molecular flexibility index (Phi) is 10.9. The Labute approximate surface area is 133 Å². The number of rotatable bonds is 7. The van der Waals surface area contributed by atoms with Gasteiger partial charge in [-0.3, -0.25) is 4.79 Å². The third kappa shape index (κ3) is 6.80. The molecule has 1 N–H and O–H groups in total. The van der Waals surface area contributed by atoms with E-state index in [1.54, 1.807) is 20.3 Å². The van der Waals surface area contributed by atoms with Crippen molar-refractivity contribution >= 4 is 5.97 Å². The van der Waals surface area contributed by atoms with Crippen LogP contribution >= 0.6 is 0 Å². The highest BCUT2D eigenvalue weighted by atomic mass is 16.5. The van der Waals surface area contributed by atoms with E-state index in [1.165, 1.54) is 13.5 Å². The monoisotopic (exact) mass is 312 g/mol. The molecule has 0 aromatic heterocycles. The van der Waals surface area contributed by atoms with Crippen molar-refractivity contribution in [3.05, 3.63) is 23.8 Å². The van der Waals surface area contributed by atoms with Crippen molar-refractivity contribution in [1.29, 1.82) is 0 Å². The van der Waals surface area contributed by atoms with Gasteiger partial charge in [0.15, 0.2) is 11.5 Å². The van der Waals surface area contributed by atoms with Crippen LogP contribution in [0.3, 0.4) is 0 Å². The largest absolute Gasteiger partial charge is 0.493 e. The van der Waals surface area contributed by atoms with Gasteiger partial charge in [-0.1, -0.05) is 26.3 Å². The van der Waals surface area contributed by atoms with Gasteiger partial charge < -0.3 is 19.3 Å². The Morgan fingerprint density at radius 3 is 2.18 bits per heavy atom. The zero-order chi connectivity index (χ0) is 17.0. The van der Waals surface area contributed by atoms with Crippen LogP contribution in [-0.4, -0.2) is 39.0 Å². The second-order valence-corrected chi connectivity index (χ2v) is 4.82. The summed E-state index contributed by atoms with van der Waals surface area (Å²) in [5, 5.41) is 9.43. The molecule has 5 nitrogen and oxygen atoms in total. The lowest BCUT2D eigenvalue weighted by molar-refractivity contribution is -0.140. The van der Waals surface area contributed by atoms with E-state index in [0.29, 0.717) is 17.9 Å². The summed E-state index contributed by atoms with van der Waals surface area (Å²) < 4.78 is 15.0. The van der Waals surface area contributed by atoms with E-state index in [-0.39, 0.29) is 24.9 Å². The predicted molar refractivity (Wildman–Crippen MR) is 86.6 cm³/mol. The molecule has 1 aromatic carbocycles. The highest BCUT2D eigenvalue weighted by Crippen LogP contribution is 2.32. The first-order valence-electron chi connectivity index (χ1n) is 7.47. The minimum Gasteiger partial charge on any atom is -0.493 e. The van der Waals surface area contributed by atoms with Gasteiger partial charge in [0.1, 0.15) is 0 Å². The molecular weight excluding hydrogens is 284 g/mol. The summed E-state index contributed by atoms with van der Waals surface area (Å²) in [6.07, 6.45) is 2.05. The lowest BCUT2D eigenvalue weighted by Gasteiger charge is -2.16. The molecular formula is C17H28O5. The van der Waals surface area contributed by atoms with Gasteiger partial charge in [0.25, 0.3) is 0 Å². The van der Waals surface area contributed by atoms with Crippen LogP contribution in [0.2, 0.25) is 0 Å². The number of aliphatic hydroxyl groups is 1. The number of methoxy groups -OCH3 is 3. The van der Waals surface area contributed by atoms with Crippen molar-refractivity contribution in [2.24, 2.45) is 0 Å². The quantitative estimate of drug-likeness (QED) is 0.784. The topological polar surface area (TPSA) is 65.0 Å². The summed E-state index contributed by atoms with van der Waals surface area (Å²) in [6.45, 7) is 4.21. The van der Waals surface area contributed by atoms with E-state index in [9.17, 15) is 9.90 Å². The van der Waals surface area contributed by atoms with E-state index in [4.69, 9.17) is 9.47 Å². The fraction of sp³-hybridized carbons (Fsp3) is 0.588. The summed E-state index contributed by atoms with van der Waals surface area (Å²) >= 11 is 0. The van der Waals surface area contributed by atoms with Crippen molar-refractivity contribution in [3.8, 4) is 11.5 Å². The van der Waals surface area contributed by atoms with Crippen molar-refractivity contribution in [2.75, 3.05) is 27.9 Å². The number of aliphatic hydroxyl groups excluding tert-OH is 1. The summed E-state index contributed by atoms with van der Waals surface area (Å²) in [7, 11) is 4.48. The molecule has 0 bridgehead atoms. The molecule has 0 aliphatic heterocycles. The molecule has 1 aromatic rings. The fourth-order valence-electron chi connectivity index (χ4n) is 1.86. The number of carbonyl (C=O) groups excluding carboxylic acids is 1. The standard InChI is InChI=1S/C14H20O5.C3H8/c1-17-12-6-4-10(8-13(12)18-2)11(9-15)5-7-14(16)19-3;1-3-2/h4,6,8,11,15H,5,7,9H2,1-3H3;3H2,1-2H3/t11-;/m1./s1. The van der Waals surface area contributed by atoms with Crippen LogP contribution in [0.1, 0.15) is 44.6 Å². The molecule has 0 fully saturated rings. The summed E-state index contributed by atoms with van der Waals surface area (Å²) in [5.74, 6) is 0.838. The van der Waals surface area contributed by atoms with Crippen molar-refractivity contribution in [1.82, 2.24) is 0 Å². The van der Waals surface area contributed by atoms with E-state index in [1.807, 2.05) is 12.1 Å². The normalized spacial score (nSPS) is 11.0. The van der Waals surface area contributed by atoms with E-state index < -0.39 is 0 Å². The predicted octanol–water partition coefficient (Wildman–Crippen LogP) is 3.15. The SMILES string of the molecule is CCC.COC(=O)CC[C@H](CO)c1ccc(OC)c(OC)c1. The molecule has 0 unspecified atom stereocenters. The van der Waals surface area contributed by atoms with Crippen molar-refractivity contribution in [3.63, 3.8) is 0 Å². The van der Waals surface area contributed by atoms with Crippen LogP contribution in [0.4, 0.5) is 0 Å². The Balaban J connectivity index is 0.00000135. The first kappa shape index (κ1) is 20.2. The lowest BCUT2D eigenvalue weighted by Crippen LogP contribution is -2.09. The Bertz CT molecular complexity index is 431. The molecule has 22 heavy (non-hydrogen) atoms. The average Bonchev–Trinajstić information content (AvgIpc) is 2.55. The summed E-state index contributed by atoms with van der Waals surface area (Å²) in [4.78, 5) is 11.1. The number of benzene rings is 1. The van der Waals surface area contributed by atoms with E-state index in [2.05, 4.69) is 18.6 Å². The number of esters is 1. The molecule has 1 atom stereocenters. The zero-order valence-corrected chi connectivity index (χ0v) is 14.2. The molecule has 0 saturated carbocycles. The Morgan fingerprint density at radius 2 is 1.73 bits per heavy atom. The third-order valence-electron chi connectivity index (χ3n) is 3.02. The van der Waals surface area contributed by atoms with Gasteiger partial charge in [0, 0.05) is 18.9 Å². The van der Waals surface area contributed by atoms with Gasteiger partial charge in [-0.2, -0.15) is 0 Å². The summed E-state index contributed by atoms with van der Waals surface area (Å²) in [6, 6.07) is 5.46. The minimum atomic E-state index is -0.279. The number of ether oxygens (including phenoxy) is 3. The first-order valence-corrected chi connectivity index (χ1v) is 7.47. The average molecular weight is 312 g/mol. The van der Waals surface area contributed by atoms with Crippen LogP contribution in [-0.2, 0) is 9.53 Å². The molecule has 1 rings (SSSR count). The third-order valence-corrected chi connectivity index (χ3v) is 3.02. The van der Waals surface area contributed by atoms with Crippen LogP contribution in [0.15, 0.2) is 18.2 Å². The zero-order valence-electron chi connectivity index (χ0n) is 14.2. The van der Waals surface area contributed by atoms with Gasteiger partial charge in [-0.15, -0.1) is 0 Å². The van der Waals surface area contributed by atoms with Crippen LogP contribution < -0.4 is 9.47 Å². The molecule has 0 spiro atoms. The fourth-order valence-corrected chi connectivity index (χ4v) is 1.86. The maximum Gasteiger partial charge on any atom is 0.305 e. The maximum absolute atomic E-state index is 11.1. The van der Waals surface area contributed by atoms with Gasteiger partial charge in [-0.05, 0) is 24.1 Å². The molecule has 126 valence electrons. The molecule has 0 aliphatic rings. The minimum absolute atomic E-state index is 0.0352. The molecule has 5 heteroatoms. The Morgan fingerprint density at radius 1 is 1.14 bits per heavy atom. The molecule has 0 aliphatic carbocycles. The van der Waals surface area contributed by atoms with E-state index >= 15 is 0 Å². The maximum atomic E-state index is 11.1. The smallest absolute Gasteiger partial charge is 0.305 e. The number of hydrogen-bond acceptors (Lipinski definition) is 5. The number of carbonyl (C=O) groups is 1. The lowest BCUT2D eigenvalue weighted by atomic mass is 9.94. The van der Waals surface area contributed by atoms with Crippen LogP contribution in [0.25, 0.3) is 0 Å². The van der Waals surface area contributed by atoms with Crippen LogP contribution in [0, 0.1) is 0 Å². The van der Waals surface area contributed by atoms with Crippen molar-refractivity contribution < 1.29 is 24.1 Å². The highest BCUT2D eigenvalue weighted by molar-refractivity contribution is 5.69. The molecule has 0 radical (unpaired) electrons. The van der Waals surface area contributed by atoms with Gasteiger partial charge in [0.2, 0.25) is 0 Å². The second kappa shape index (κ2) is 11.9. The summed E-state index contributed by atoms with van der Waals surface area (Å²) in [5.41, 5.74) is 0.907. The van der Waals surface area contributed by atoms with Gasteiger partial charge in [0.05, 0.1) is 21.3 Å². The van der Waals surface area contributed by atoms with Crippen LogP contribution in [0.5, 0.6) is 11.5 Å². The van der Waals surface area contributed by atoms with E-state index in [0.717, 1.165) is 5.56 Å². The second-order valence-electron chi connectivity index (χ2n) is 4.82. The molecule has 0 amide bonds. The Hall–Kier alpha value is -1.75. The highest BCUT2D eigenvalue weighted by Gasteiger charge is 2.15. The molecule has 0 heterocycles. The van der Waals surface area contributed by atoms with Gasteiger partial charge >= 0.3 is 5.97 Å². The molecule has 0 saturated heterocycles. The van der Waals surface area contributed by atoms with Gasteiger partial charge in [-0.25, -0.2) is 0 Å². The van der Waals surface area contributed by atoms with Crippen molar-refractivity contribution in [2.45, 2.75) is 39.0 Å².